The van der Waals surface area contributed by atoms with Crippen LogP contribution in [0.4, 0.5) is 0 Å². The molecular weight excluding hydrogens is 232 g/mol. The normalized spacial score (nSPS) is 19.9. The minimum Gasteiger partial charge on any atom is -0.411 e. The van der Waals surface area contributed by atoms with E-state index in [4.69, 9.17) is 9.94 Å². The third-order valence-corrected chi connectivity index (χ3v) is 3.15. The Labute approximate surface area is 109 Å². The summed E-state index contributed by atoms with van der Waals surface area (Å²) in [5.74, 6) is 0.554. The Kier molecular flexibility index (Phi) is 6.72. The quantitative estimate of drug-likeness (QED) is 0.563. The summed E-state index contributed by atoms with van der Waals surface area (Å²) in [5, 5.41) is 14.7. The van der Waals surface area contributed by atoms with E-state index >= 15 is 0 Å². The van der Waals surface area contributed by atoms with Gasteiger partial charge < -0.3 is 15.3 Å². The molecule has 5 nitrogen and oxygen atoms in total. The molecule has 0 aromatic heterocycles. The summed E-state index contributed by atoms with van der Waals surface area (Å²) in [4.78, 5) is 11.5. The average molecular weight is 256 g/mol. The number of oxime groups is 1. The molecule has 2 N–H and O–H groups in total. The molecular formula is C13H24N2O3. The molecule has 1 amide bonds. The Morgan fingerprint density at radius 1 is 1.50 bits per heavy atom. The summed E-state index contributed by atoms with van der Waals surface area (Å²) < 4.78 is 5.55. The maximum Gasteiger partial charge on any atom is 0.246 e. The number of nitrogens with one attached hydrogen (secondary N) is 1. The predicted octanol–water partition coefficient (Wildman–Crippen LogP) is 1.94. The van der Waals surface area contributed by atoms with E-state index in [0.29, 0.717) is 12.5 Å². The van der Waals surface area contributed by atoms with Gasteiger partial charge in [0, 0.05) is 6.54 Å². The maximum absolute atomic E-state index is 11.5. The van der Waals surface area contributed by atoms with Crippen molar-refractivity contribution in [3.8, 4) is 0 Å². The van der Waals surface area contributed by atoms with E-state index in [1.807, 2.05) is 0 Å². The minimum atomic E-state index is -0.0442. The zero-order valence-electron chi connectivity index (χ0n) is 11.3. The summed E-state index contributed by atoms with van der Waals surface area (Å²) in [7, 11) is 0. The molecule has 0 saturated heterocycles. The van der Waals surface area contributed by atoms with Crippen LogP contribution >= 0.6 is 0 Å². The highest BCUT2D eigenvalue weighted by atomic mass is 16.5. The Morgan fingerprint density at radius 2 is 2.17 bits per heavy atom. The van der Waals surface area contributed by atoms with Gasteiger partial charge in [0.2, 0.25) is 5.91 Å². The molecule has 1 aliphatic carbocycles. The molecule has 5 heteroatoms. The smallest absolute Gasteiger partial charge is 0.246 e. The van der Waals surface area contributed by atoms with Crippen molar-refractivity contribution in [2.45, 2.75) is 52.1 Å². The third-order valence-electron chi connectivity index (χ3n) is 3.15. The van der Waals surface area contributed by atoms with Gasteiger partial charge in [0.25, 0.3) is 0 Å². The van der Waals surface area contributed by atoms with Gasteiger partial charge in [-0.2, -0.15) is 0 Å². The van der Waals surface area contributed by atoms with Crippen molar-refractivity contribution in [2.24, 2.45) is 11.1 Å². The Morgan fingerprint density at radius 3 is 2.72 bits per heavy atom. The molecule has 0 aromatic carbocycles. The summed E-state index contributed by atoms with van der Waals surface area (Å²) in [6, 6.07) is 0. The van der Waals surface area contributed by atoms with Gasteiger partial charge in [-0.05, 0) is 38.0 Å². The largest absolute Gasteiger partial charge is 0.411 e. The lowest BCUT2D eigenvalue weighted by molar-refractivity contribution is -0.128. The van der Waals surface area contributed by atoms with Gasteiger partial charge in [0.05, 0.1) is 11.8 Å². The predicted molar refractivity (Wildman–Crippen MR) is 69.9 cm³/mol. The number of amides is 1. The van der Waals surface area contributed by atoms with Crippen LogP contribution in [0.3, 0.4) is 0 Å². The second kappa shape index (κ2) is 8.08. The van der Waals surface area contributed by atoms with Crippen molar-refractivity contribution in [3.05, 3.63) is 0 Å². The van der Waals surface area contributed by atoms with E-state index in [-0.39, 0.29) is 18.6 Å². The Bertz CT molecular complexity index is 280. The lowest BCUT2D eigenvalue weighted by Gasteiger charge is -2.22. The van der Waals surface area contributed by atoms with Crippen molar-refractivity contribution >= 4 is 11.6 Å². The second-order valence-electron chi connectivity index (χ2n) is 5.21. The number of hydrogen-bond donors (Lipinski definition) is 2. The average Bonchev–Trinajstić information content (AvgIpc) is 2.36. The highest BCUT2D eigenvalue weighted by Gasteiger charge is 2.19. The lowest BCUT2D eigenvalue weighted by atomic mass is 9.96. The molecule has 1 aliphatic rings. The summed E-state index contributed by atoms with van der Waals surface area (Å²) in [5.41, 5.74) is 0.830. The number of rotatable bonds is 6. The van der Waals surface area contributed by atoms with E-state index in [2.05, 4.69) is 24.3 Å². The first-order chi connectivity index (χ1) is 8.61. The van der Waals surface area contributed by atoms with E-state index in [9.17, 15) is 4.79 Å². The topological polar surface area (TPSA) is 70.9 Å². The highest BCUT2D eigenvalue weighted by Crippen LogP contribution is 2.18. The molecule has 1 fully saturated rings. The third kappa shape index (κ3) is 6.00. The molecule has 0 heterocycles. The van der Waals surface area contributed by atoms with Crippen molar-refractivity contribution in [1.29, 1.82) is 0 Å². The first kappa shape index (κ1) is 15.0. The van der Waals surface area contributed by atoms with Crippen LogP contribution in [0.1, 0.15) is 46.0 Å². The van der Waals surface area contributed by atoms with E-state index in [1.54, 1.807) is 0 Å². The molecule has 0 radical (unpaired) electrons. The van der Waals surface area contributed by atoms with E-state index in [0.717, 1.165) is 37.8 Å². The fraction of sp³-hybridized carbons (Fsp3) is 0.846. The minimum absolute atomic E-state index is 0.0442. The van der Waals surface area contributed by atoms with Crippen LogP contribution in [0.2, 0.25) is 0 Å². The molecule has 0 aliphatic heterocycles. The molecule has 0 spiro atoms. The molecule has 0 aromatic rings. The van der Waals surface area contributed by atoms with Gasteiger partial charge in [-0.1, -0.05) is 19.0 Å². The Balaban J connectivity index is 2.08. The highest BCUT2D eigenvalue weighted by molar-refractivity contribution is 5.84. The molecule has 0 bridgehead atoms. The van der Waals surface area contributed by atoms with Crippen LogP contribution in [0, 0.1) is 5.92 Å². The number of carbonyl (C=O) groups is 1. The first-order valence-corrected chi connectivity index (χ1v) is 6.70. The van der Waals surface area contributed by atoms with E-state index in [1.165, 1.54) is 0 Å². The second-order valence-corrected chi connectivity index (χ2v) is 5.21. The monoisotopic (exact) mass is 256 g/mol. The molecule has 18 heavy (non-hydrogen) atoms. The van der Waals surface area contributed by atoms with Crippen LogP contribution in [-0.4, -0.2) is 36.1 Å². The zero-order valence-corrected chi connectivity index (χ0v) is 11.3. The van der Waals surface area contributed by atoms with Gasteiger partial charge in [0.15, 0.2) is 0 Å². The summed E-state index contributed by atoms with van der Waals surface area (Å²) in [6.45, 7) is 5.11. The number of carbonyl (C=O) groups excluding carboxylic acids is 1. The number of ether oxygens (including phenoxy) is 1. The van der Waals surface area contributed by atoms with Gasteiger partial charge in [-0.3, -0.25) is 4.79 Å². The van der Waals surface area contributed by atoms with E-state index < -0.39 is 0 Å². The van der Waals surface area contributed by atoms with Crippen LogP contribution in [0.25, 0.3) is 0 Å². The van der Waals surface area contributed by atoms with Crippen molar-refractivity contribution < 1.29 is 14.7 Å². The zero-order chi connectivity index (χ0) is 13.4. The molecule has 104 valence electrons. The fourth-order valence-electron chi connectivity index (χ4n) is 1.94. The molecule has 0 unspecified atom stereocenters. The number of nitrogens with zero attached hydrogens (tertiary/aromatic N) is 1. The maximum atomic E-state index is 11.5. The van der Waals surface area contributed by atoms with Crippen LogP contribution in [0.15, 0.2) is 5.16 Å². The van der Waals surface area contributed by atoms with Gasteiger partial charge in [0.1, 0.15) is 6.61 Å². The van der Waals surface area contributed by atoms with Crippen LogP contribution < -0.4 is 5.32 Å². The molecule has 1 rings (SSSR count). The van der Waals surface area contributed by atoms with Crippen molar-refractivity contribution in [2.75, 3.05) is 13.2 Å². The summed E-state index contributed by atoms with van der Waals surface area (Å²) in [6.07, 6.45) is 4.29. The first-order valence-electron chi connectivity index (χ1n) is 6.70. The standard InChI is InChI=1S/C13H24N2O3/c1-10(2)7-8-14-13(16)9-18-12-5-3-11(15-17)4-6-12/h10,12,17H,3-9H2,1-2H3,(H,14,16). The van der Waals surface area contributed by atoms with Gasteiger partial charge in [-0.15, -0.1) is 0 Å². The Hall–Kier alpha value is -1.10. The van der Waals surface area contributed by atoms with Crippen LogP contribution in [-0.2, 0) is 9.53 Å². The SMILES string of the molecule is CC(C)CCNC(=O)COC1CCC(=NO)CC1. The van der Waals surface area contributed by atoms with Gasteiger partial charge >= 0.3 is 0 Å². The van der Waals surface area contributed by atoms with Crippen LogP contribution in [0.5, 0.6) is 0 Å². The van der Waals surface area contributed by atoms with Crippen molar-refractivity contribution in [1.82, 2.24) is 5.32 Å². The molecule has 0 atom stereocenters. The summed E-state index contributed by atoms with van der Waals surface area (Å²) >= 11 is 0. The molecule has 1 saturated carbocycles. The number of hydrogen-bond acceptors (Lipinski definition) is 4. The van der Waals surface area contributed by atoms with Crippen molar-refractivity contribution in [3.63, 3.8) is 0 Å². The lowest BCUT2D eigenvalue weighted by Crippen LogP contribution is -2.32. The fourth-order valence-corrected chi connectivity index (χ4v) is 1.94. The van der Waals surface area contributed by atoms with Gasteiger partial charge in [-0.25, -0.2) is 0 Å².